The van der Waals surface area contributed by atoms with Crippen LogP contribution in [0.25, 0.3) is 10.8 Å². The zero-order chi connectivity index (χ0) is 25.6. The summed E-state index contributed by atoms with van der Waals surface area (Å²) in [5, 5.41) is 30.4. The van der Waals surface area contributed by atoms with Gasteiger partial charge < -0.3 is 15.1 Å². The number of carbonyl (C=O) groups is 1. The molecule has 0 saturated heterocycles. The van der Waals surface area contributed by atoms with Crippen molar-refractivity contribution in [1.82, 2.24) is 9.97 Å². The van der Waals surface area contributed by atoms with E-state index in [2.05, 4.69) is 25.1 Å². The Bertz CT molecular complexity index is 1530. The van der Waals surface area contributed by atoms with Gasteiger partial charge in [-0.3, -0.25) is 9.97 Å². The quantitative estimate of drug-likeness (QED) is 0.236. The van der Waals surface area contributed by atoms with Crippen LogP contribution in [0.4, 0.5) is 17.1 Å². The third-order valence-electron chi connectivity index (χ3n) is 5.86. The normalized spacial score (nSPS) is 11.1. The van der Waals surface area contributed by atoms with Crippen molar-refractivity contribution in [2.24, 2.45) is 10.2 Å². The average Bonchev–Trinajstić information content (AvgIpc) is 2.93. The number of aromatic carboxylic acids is 1. The number of carboxylic acid groups (broad SMARTS) is 1. The van der Waals surface area contributed by atoms with Gasteiger partial charge >= 0.3 is 5.97 Å². The second kappa shape index (κ2) is 10.7. The number of nitrogens with zero attached hydrogens (tertiary/aromatic N) is 5. The Labute approximate surface area is 213 Å². The van der Waals surface area contributed by atoms with Crippen LogP contribution in [-0.4, -0.2) is 26.2 Å². The molecule has 8 nitrogen and oxygen atoms in total. The summed E-state index contributed by atoms with van der Waals surface area (Å²) in [5.41, 5.74) is 2.98. The molecule has 8 heteroatoms. The van der Waals surface area contributed by atoms with E-state index in [9.17, 15) is 15.0 Å². The lowest BCUT2D eigenvalue weighted by Crippen LogP contribution is -2.23. The van der Waals surface area contributed by atoms with Crippen LogP contribution in [0.2, 0.25) is 0 Å². The summed E-state index contributed by atoms with van der Waals surface area (Å²) >= 11 is 0. The first-order valence-corrected chi connectivity index (χ1v) is 11.6. The standard InChI is InChI=1S/C29H23N5O3/c35-28-24(29(36)37)17-20-9-1-2-12-23(20)27(28)33-32-25-13-3-4-14-26(25)34(18-21-10-5-7-15-30-21)19-22-11-6-8-16-31-22/h1-17,35H,18-19H2,(H,36,37). The Morgan fingerprint density at radius 2 is 1.41 bits per heavy atom. The third kappa shape index (κ3) is 5.28. The number of fused-ring (bicyclic) bond motifs is 1. The molecular weight excluding hydrogens is 466 g/mol. The largest absolute Gasteiger partial charge is 0.505 e. The van der Waals surface area contributed by atoms with Crippen LogP contribution < -0.4 is 4.90 Å². The molecule has 0 fully saturated rings. The van der Waals surface area contributed by atoms with Crippen molar-refractivity contribution in [1.29, 1.82) is 0 Å². The molecule has 5 rings (SSSR count). The predicted octanol–water partition coefficient (Wildman–Crippen LogP) is 6.66. The Morgan fingerprint density at radius 3 is 2.05 bits per heavy atom. The fourth-order valence-electron chi connectivity index (χ4n) is 4.10. The highest BCUT2D eigenvalue weighted by Gasteiger charge is 2.18. The van der Waals surface area contributed by atoms with E-state index in [0.29, 0.717) is 29.5 Å². The maximum absolute atomic E-state index is 11.7. The number of rotatable bonds is 8. The fraction of sp³-hybridized carbons (Fsp3) is 0.0690. The maximum atomic E-state index is 11.7. The second-order valence-corrected chi connectivity index (χ2v) is 8.33. The van der Waals surface area contributed by atoms with E-state index in [-0.39, 0.29) is 11.3 Å². The van der Waals surface area contributed by atoms with Crippen molar-refractivity contribution >= 4 is 33.8 Å². The minimum absolute atomic E-state index is 0.103. The van der Waals surface area contributed by atoms with E-state index in [1.54, 1.807) is 36.7 Å². The number of aromatic nitrogens is 2. The van der Waals surface area contributed by atoms with E-state index in [1.807, 2.05) is 60.7 Å². The summed E-state index contributed by atoms with van der Waals surface area (Å²) < 4.78 is 0. The lowest BCUT2D eigenvalue weighted by molar-refractivity contribution is 0.0694. The lowest BCUT2D eigenvalue weighted by Gasteiger charge is -2.25. The first kappa shape index (κ1) is 23.6. The molecule has 0 aliphatic heterocycles. The van der Waals surface area contributed by atoms with Crippen molar-refractivity contribution in [3.63, 3.8) is 0 Å². The monoisotopic (exact) mass is 489 g/mol. The highest BCUT2D eigenvalue weighted by Crippen LogP contribution is 2.40. The van der Waals surface area contributed by atoms with Gasteiger partial charge in [0.15, 0.2) is 5.75 Å². The molecule has 37 heavy (non-hydrogen) atoms. The number of carboxylic acids is 1. The first-order valence-electron chi connectivity index (χ1n) is 11.6. The van der Waals surface area contributed by atoms with Gasteiger partial charge in [0.1, 0.15) is 16.9 Å². The molecular formula is C29H23N5O3. The Morgan fingerprint density at radius 1 is 0.784 bits per heavy atom. The van der Waals surface area contributed by atoms with Crippen molar-refractivity contribution in [2.75, 3.05) is 4.90 Å². The molecule has 2 aromatic heterocycles. The number of anilines is 1. The average molecular weight is 490 g/mol. The lowest BCUT2D eigenvalue weighted by atomic mass is 10.0. The smallest absolute Gasteiger partial charge is 0.339 e. The van der Waals surface area contributed by atoms with E-state index in [1.165, 1.54) is 6.07 Å². The number of hydrogen-bond donors (Lipinski definition) is 2. The Balaban J connectivity index is 1.58. The van der Waals surface area contributed by atoms with Crippen LogP contribution in [0.3, 0.4) is 0 Å². The van der Waals surface area contributed by atoms with Crippen molar-refractivity contribution in [3.05, 3.63) is 120 Å². The van der Waals surface area contributed by atoms with Gasteiger partial charge in [0, 0.05) is 17.8 Å². The van der Waals surface area contributed by atoms with E-state index in [0.717, 1.165) is 17.1 Å². The number of azo groups is 1. The first-order chi connectivity index (χ1) is 18.1. The van der Waals surface area contributed by atoms with Crippen LogP contribution in [0, 0.1) is 0 Å². The molecule has 0 bridgehead atoms. The maximum Gasteiger partial charge on any atom is 0.339 e. The molecule has 0 spiro atoms. The molecule has 2 heterocycles. The number of pyridine rings is 2. The molecule has 0 aliphatic rings. The van der Waals surface area contributed by atoms with Gasteiger partial charge in [0.2, 0.25) is 0 Å². The molecule has 0 saturated carbocycles. The minimum atomic E-state index is -1.24. The van der Waals surface area contributed by atoms with Crippen molar-refractivity contribution in [2.45, 2.75) is 13.1 Å². The molecule has 182 valence electrons. The van der Waals surface area contributed by atoms with E-state index < -0.39 is 11.7 Å². The van der Waals surface area contributed by atoms with Gasteiger partial charge in [-0.25, -0.2) is 4.79 Å². The number of phenols is 1. The molecule has 0 aliphatic carbocycles. The van der Waals surface area contributed by atoms with Crippen LogP contribution in [0.1, 0.15) is 21.7 Å². The summed E-state index contributed by atoms with van der Waals surface area (Å²) in [6.07, 6.45) is 3.51. The number of aromatic hydroxyl groups is 1. The van der Waals surface area contributed by atoms with Gasteiger partial charge in [-0.05, 0) is 47.9 Å². The Hall–Kier alpha value is -5.11. The topological polar surface area (TPSA) is 111 Å². The highest BCUT2D eigenvalue weighted by molar-refractivity contribution is 6.04. The van der Waals surface area contributed by atoms with Gasteiger partial charge in [-0.2, -0.15) is 0 Å². The van der Waals surface area contributed by atoms with Gasteiger partial charge in [-0.1, -0.05) is 48.5 Å². The molecule has 0 unspecified atom stereocenters. The van der Waals surface area contributed by atoms with E-state index in [4.69, 9.17) is 0 Å². The van der Waals surface area contributed by atoms with Crippen molar-refractivity contribution in [3.8, 4) is 5.75 Å². The number of benzene rings is 3. The fourth-order valence-corrected chi connectivity index (χ4v) is 4.10. The van der Waals surface area contributed by atoms with Gasteiger partial charge in [0.05, 0.1) is 30.2 Å². The molecule has 0 atom stereocenters. The minimum Gasteiger partial charge on any atom is -0.505 e. The number of hydrogen-bond acceptors (Lipinski definition) is 7. The second-order valence-electron chi connectivity index (χ2n) is 8.33. The third-order valence-corrected chi connectivity index (χ3v) is 5.86. The number of para-hydroxylation sites is 1. The molecule has 0 amide bonds. The molecule has 0 radical (unpaired) electrons. The molecule has 5 aromatic rings. The zero-order valence-corrected chi connectivity index (χ0v) is 19.8. The van der Waals surface area contributed by atoms with Crippen LogP contribution in [0.15, 0.2) is 114 Å². The highest BCUT2D eigenvalue weighted by atomic mass is 16.4. The predicted molar refractivity (Wildman–Crippen MR) is 142 cm³/mol. The summed E-state index contributed by atoms with van der Waals surface area (Å²) in [4.78, 5) is 22.8. The van der Waals surface area contributed by atoms with Crippen LogP contribution in [0.5, 0.6) is 5.75 Å². The summed E-state index contributed by atoms with van der Waals surface area (Å²) in [5.74, 6) is -1.66. The Kier molecular flexibility index (Phi) is 6.80. The van der Waals surface area contributed by atoms with Crippen molar-refractivity contribution < 1.29 is 15.0 Å². The zero-order valence-electron chi connectivity index (χ0n) is 19.8. The summed E-state index contributed by atoms with van der Waals surface area (Å²) in [6, 6.07) is 27.6. The van der Waals surface area contributed by atoms with Crippen LogP contribution in [-0.2, 0) is 13.1 Å². The molecule has 3 aromatic carbocycles. The summed E-state index contributed by atoms with van der Waals surface area (Å²) in [6.45, 7) is 1.01. The van der Waals surface area contributed by atoms with Gasteiger partial charge in [0.25, 0.3) is 0 Å². The summed E-state index contributed by atoms with van der Waals surface area (Å²) in [7, 11) is 0. The van der Waals surface area contributed by atoms with Gasteiger partial charge in [-0.15, -0.1) is 10.2 Å². The SMILES string of the molecule is O=C(O)c1cc2ccccc2c(N=Nc2ccccc2N(Cc2ccccn2)Cc2ccccn2)c1O. The van der Waals surface area contributed by atoms with E-state index >= 15 is 0 Å². The van der Waals surface area contributed by atoms with Crippen LogP contribution >= 0.6 is 0 Å². The molecule has 2 N–H and O–H groups in total.